The first-order chi connectivity index (χ1) is 13.1. The summed E-state index contributed by atoms with van der Waals surface area (Å²) in [4.78, 5) is 16.8. The van der Waals surface area contributed by atoms with Gasteiger partial charge in [0.2, 0.25) is 5.91 Å². The Hall–Kier alpha value is -2.08. The third-order valence-corrected chi connectivity index (χ3v) is 5.22. The third kappa shape index (κ3) is 5.22. The molecule has 144 valence electrons. The standard InChI is InChI=1S/C21H26ClN3O2/c1-27-20-8-7-18(22)13-17(20)15-24-9-11-25(12-10-24)21(26)14-19(23)16-5-3-2-4-6-16/h2-8,13,19H,9-12,14-15,23H2,1H3. The van der Waals surface area contributed by atoms with Crippen molar-refractivity contribution in [2.24, 2.45) is 5.73 Å². The first-order valence-electron chi connectivity index (χ1n) is 9.20. The lowest BCUT2D eigenvalue weighted by atomic mass is 10.0. The molecule has 2 N–H and O–H groups in total. The lowest BCUT2D eigenvalue weighted by Crippen LogP contribution is -2.48. The van der Waals surface area contributed by atoms with Gasteiger partial charge in [0.25, 0.3) is 0 Å². The summed E-state index contributed by atoms with van der Waals surface area (Å²) in [6.45, 7) is 3.83. The van der Waals surface area contributed by atoms with Crippen molar-refractivity contribution in [3.8, 4) is 5.75 Å². The highest BCUT2D eigenvalue weighted by Gasteiger charge is 2.23. The van der Waals surface area contributed by atoms with Crippen molar-refractivity contribution in [3.05, 3.63) is 64.7 Å². The van der Waals surface area contributed by atoms with Crippen molar-refractivity contribution in [3.63, 3.8) is 0 Å². The van der Waals surface area contributed by atoms with Crippen LogP contribution in [0.2, 0.25) is 5.02 Å². The molecule has 0 spiro atoms. The molecule has 2 aromatic rings. The van der Waals surface area contributed by atoms with Crippen LogP contribution in [-0.4, -0.2) is 49.0 Å². The van der Waals surface area contributed by atoms with Crippen molar-refractivity contribution in [2.75, 3.05) is 33.3 Å². The van der Waals surface area contributed by atoms with Gasteiger partial charge in [-0.15, -0.1) is 0 Å². The number of nitrogens with two attached hydrogens (primary N) is 1. The fourth-order valence-electron chi connectivity index (χ4n) is 3.40. The smallest absolute Gasteiger partial charge is 0.224 e. The van der Waals surface area contributed by atoms with Crippen molar-refractivity contribution in [1.82, 2.24) is 9.80 Å². The van der Waals surface area contributed by atoms with E-state index in [0.29, 0.717) is 24.5 Å². The minimum atomic E-state index is -0.257. The summed E-state index contributed by atoms with van der Waals surface area (Å²) in [6.07, 6.45) is 0.339. The molecule has 1 heterocycles. The van der Waals surface area contributed by atoms with Crippen molar-refractivity contribution in [2.45, 2.75) is 19.0 Å². The molecular formula is C21H26ClN3O2. The van der Waals surface area contributed by atoms with E-state index in [4.69, 9.17) is 22.1 Å². The average Bonchev–Trinajstić information content (AvgIpc) is 2.69. The van der Waals surface area contributed by atoms with E-state index in [9.17, 15) is 4.79 Å². The van der Waals surface area contributed by atoms with Gasteiger partial charge in [0.05, 0.1) is 7.11 Å². The van der Waals surface area contributed by atoms with Gasteiger partial charge in [0.15, 0.2) is 0 Å². The maximum atomic E-state index is 12.6. The Labute approximate surface area is 165 Å². The molecule has 3 rings (SSSR count). The summed E-state index contributed by atoms with van der Waals surface area (Å²) in [5.41, 5.74) is 8.26. The molecule has 1 amide bonds. The molecule has 1 fully saturated rings. The lowest BCUT2D eigenvalue weighted by Gasteiger charge is -2.35. The third-order valence-electron chi connectivity index (χ3n) is 4.98. The van der Waals surface area contributed by atoms with Gasteiger partial charge in [-0.3, -0.25) is 9.69 Å². The molecule has 27 heavy (non-hydrogen) atoms. The van der Waals surface area contributed by atoms with E-state index in [0.717, 1.165) is 36.5 Å². The summed E-state index contributed by atoms with van der Waals surface area (Å²) >= 11 is 6.12. The number of halogens is 1. The fraction of sp³-hybridized carbons (Fsp3) is 0.381. The second kappa shape index (κ2) is 9.22. The minimum absolute atomic E-state index is 0.117. The molecule has 1 aliphatic rings. The van der Waals surface area contributed by atoms with Gasteiger partial charge in [-0.05, 0) is 23.8 Å². The lowest BCUT2D eigenvalue weighted by molar-refractivity contribution is -0.133. The maximum Gasteiger partial charge on any atom is 0.224 e. The zero-order valence-corrected chi connectivity index (χ0v) is 16.4. The number of piperazine rings is 1. The number of hydrogen-bond donors (Lipinski definition) is 1. The predicted octanol–water partition coefficient (Wildman–Crippen LogP) is 3.08. The quantitative estimate of drug-likeness (QED) is 0.827. The molecule has 0 aromatic heterocycles. The van der Waals surface area contributed by atoms with E-state index in [1.807, 2.05) is 53.4 Å². The highest BCUT2D eigenvalue weighted by molar-refractivity contribution is 6.30. The van der Waals surface area contributed by atoms with E-state index in [1.165, 1.54) is 0 Å². The highest BCUT2D eigenvalue weighted by atomic mass is 35.5. The van der Waals surface area contributed by atoms with Crippen LogP contribution in [0.15, 0.2) is 48.5 Å². The number of methoxy groups -OCH3 is 1. The van der Waals surface area contributed by atoms with Crippen LogP contribution in [0, 0.1) is 0 Å². The summed E-state index contributed by atoms with van der Waals surface area (Å²) < 4.78 is 5.42. The maximum absolute atomic E-state index is 12.6. The summed E-state index contributed by atoms with van der Waals surface area (Å²) in [5, 5.41) is 0.703. The number of amides is 1. The van der Waals surface area contributed by atoms with Crippen LogP contribution in [0.4, 0.5) is 0 Å². The number of rotatable bonds is 6. The van der Waals surface area contributed by atoms with E-state index in [-0.39, 0.29) is 11.9 Å². The highest BCUT2D eigenvalue weighted by Crippen LogP contribution is 2.24. The molecule has 6 heteroatoms. The van der Waals surface area contributed by atoms with Crippen molar-refractivity contribution in [1.29, 1.82) is 0 Å². The average molecular weight is 388 g/mol. The van der Waals surface area contributed by atoms with E-state index in [2.05, 4.69) is 4.90 Å². The topological polar surface area (TPSA) is 58.8 Å². The molecule has 1 aliphatic heterocycles. The Morgan fingerprint density at radius 3 is 2.52 bits per heavy atom. The van der Waals surface area contributed by atoms with Crippen LogP contribution in [-0.2, 0) is 11.3 Å². The number of carbonyl (C=O) groups excluding carboxylic acids is 1. The van der Waals surface area contributed by atoms with Gasteiger partial charge < -0.3 is 15.4 Å². The van der Waals surface area contributed by atoms with Crippen LogP contribution >= 0.6 is 11.6 Å². The molecular weight excluding hydrogens is 362 g/mol. The minimum Gasteiger partial charge on any atom is -0.496 e. The first-order valence-corrected chi connectivity index (χ1v) is 9.57. The number of ether oxygens (including phenoxy) is 1. The number of nitrogens with zero attached hydrogens (tertiary/aromatic N) is 2. The molecule has 0 bridgehead atoms. The normalized spacial score (nSPS) is 16.2. The fourth-order valence-corrected chi connectivity index (χ4v) is 3.60. The summed E-state index contributed by atoms with van der Waals surface area (Å²) in [5.74, 6) is 0.957. The van der Waals surface area contributed by atoms with Crippen LogP contribution in [0.1, 0.15) is 23.6 Å². The second-order valence-corrected chi connectivity index (χ2v) is 7.27. The van der Waals surface area contributed by atoms with Gasteiger partial charge in [-0.2, -0.15) is 0 Å². The van der Waals surface area contributed by atoms with Gasteiger partial charge in [-0.25, -0.2) is 0 Å². The Morgan fingerprint density at radius 1 is 1.15 bits per heavy atom. The van der Waals surface area contributed by atoms with Crippen LogP contribution in [0.25, 0.3) is 0 Å². The van der Waals surface area contributed by atoms with E-state index in [1.54, 1.807) is 7.11 Å². The first kappa shape index (κ1) is 19.7. The Morgan fingerprint density at radius 2 is 1.85 bits per heavy atom. The van der Waals surface area contributed by atoms with Crippen LogP contribution < -0.4 is 10.5 Å². The Balaban J connectivity index is 1.51. The van der Waals surface area contributed by atoms with E-state index < -0.39 is 0 Å². The van der Waals surface area contributed by atoms with Crippen molar-refractivity contribution >= 4 is 17.5 Å². The SMILES string of the molecule is COc1ccc(Cl)cc1CN1CCN(C(=O)CC(N)c2ccccc2)CC1. The molecule has 1 unspecified atom stereocenters. The van der Waals surface area contributed by atoms with Gasteiger partial charge in [-0.1, -0.05) is 41.9 Å². The second-order valence-electron chi connectivity index (χ2n) is 6.83. The molecule has 1 atom stereocenters. The zero-order valence-electron chi connectivity index (χ0n) is 15.6. The van der Waals surface area contributed by atoms with Gasteiger partial charge in [0, 0.05) is 55.8 Å². The molecule has 0 aliphatic carbocycles. The van der Waals surface area contributed by atoms with Gasteiger partial charge in [0.1, 0.15) is 5.75 Å². The summed E-state index contributed by atoms with van der Waals surface area (Å²) in [6, 6.07) is 15.2. The monoisotopic (exact) mass is 387 g/mol. The summed E-state index contributed by atoms with van der Waals surface area (Å²) in [7, 11) is 1.67. The number of carbonyl (C=O) groups is 1. The predicted molar refractivity (Wildman–Crippen MR) is 108 cm³/mol. The zero-order chi connectivity index (χ0) is 19.2. The molecule has 0 saturated carbocycles. The van der Waals surface area contributed by atoms with Gasteiger partial charge >= 0.3 is 0 Å². The number of hydrogen-bond acceptors (Lipinski definition) is 4. The van der Waals surface area contributed by atoms with Crippen LogP contribution in [0.5, 0.6) is 5.75 Å². The molecule has 1 saturated heterocycles. The molecule has 5 nitrogen and oxygen atoms in total. The van der Waals surface area contributed by atoms with Crippen molar-refractivity contribution < 1.29 is 9.53 Å². The Bertz CT molecular complexity index is 761. The van der Waals surface area contributed by atoms with Crippen LogP contribution in [0.3, 0.4) is 0 Å². The largest absolute Gasteiger partial charge is 0.496 e. The van der Waals surface area contributed by atoms with E-state index >= 15 is 0 Å². The number of benzene rings is 2. The molecule has 0 radical (unpaired) electrons. The Kier molecular flexibility index (Phi) is 6.72. The molecule has 2 aromatic carbocycles.